The summed E-state index contributed by atoms with van der Waals surface area (Å²) in [5, 5.41) is 2.69. The van der Waals surface area contributed by atoms with Gasteiger partial charge in [-0.3, -0.25) is 4.79 Å². The normalized spacial score (nSPS) is 11.7. The number of nitrogens with two attached hydrogens (primary N) is 1. The number of amides is 1. The largest absolute Gasteiger partial charge is 0.464 e. The maximum atomic E-state index is 12.1. The molecule has 0 aromatic heterocycles. The van der Waals surface area contributed by atoms with Crippen molar-refractivity contribution in [3.8, 4) is 0 Å². The topological polar surface area (TPSA) is 84.7 Å². The molecule has 0 spiro atoms. The van der Waals surface area contributed by atoms with Gasteiger partial charge in [0.25, 0.3) is 0 Å². The van der Waals surface area contributed by atoms with Crippen LogP contribution in [0.2, 0.25) is 0 Å². The van der Waals surface area contributed by atoms with E-state index in [1.165, 1.54) is 0 Å². The highest BCUT2D eigenvalue weighted by Gasteiger charge is 2.22. The molecule has 0 bridgehead atoms. The lowest BCUT2D eigenvalue weighted by Gasteiger charge is -2.23. The van der Waals surface area contributed by atoms with Gasteiger partial charge in [0, 0.05) is 49.9 Å². The van der Waals surface area contributed by atoms with Gasteiger partial charge in [0.1, 0.15) is 6.04 Å². The van der Waals surface area contributed by atoms with Crippen LogP contribution < -0.4 is 16.0 Å². The van der Waals surface area contributed by atoms with Crippen molar-refractivity contribution in [3.05, 3.63) is 29.8 Å². The number of alkyl halides is 2. The summed E-state index contributed by atoms with van der Waals surface area (Å²) < 4.78 is 5.06. The van der Waals surface area contributed by atoms with Gasteiger partial charge in [-0.05, 0) is 24.6 Å². The second-order valence-electron chi connectivity index (χ2n) is 5.65. The van der Waals surface area contributed by atoms with Crippen molar-refractivity contribution in [3.63, 3.8) is 0 Å². The minimum Gasteiger partial charge on any atom is -0.464 e. The Balaban J connectivity index is 2.83. The fraction of sp³-hybridized carbons (Fsp3) is 0.556. The molecule has 3 N–H and O–H groups in total. The van der Waals surface area contributed by atoms with Gasteiger partial charge in [-0.15, -0.1) is 23.2 Å². The smallest absolute Gasteiger partial charge is 0.328 e. The van der Waals surface area contributed by atoms with E-state index in [4.69, 9.17) is 33.7 Å². The highest BCUT2D eigenvalue weighted by Crippen LogP contribution is 2.17. The molecule has 0 fully saturated rings. The minimum absolute atomic E-state index is 0.167. The SMILES string of the molecule is CCOC(=O)[C@H](Cc1ccc(N(CCCl)CCCl)cc1)NC(=O)CCN. The van der Waals surface area contributed by atoms with Crippen molar-refractivity contribution in [2.45, 2.75) is 25.8 Å². The summed E-state index contributed by atoms with van der Waals surface area (Å²) in [6.45, 7) is 3.62. The van der Waals surface area contributed by atoms with Crippen molar-refractivity contribution < 1.29 is 14.3 Å². The van der Waals surface area contributed by atoms with Crippen molar-refractivity contribution >= 4 is 40.8 Å². The first-order chi connectivity index (χ1) is 12.5. The highest BCUT2D eigenvalue weighted by molar-refractivity contribution is 6.18. The van der Waals surface area contributed by atoms with E-state index in [1.807, 2.05) is 24.3 Å². The molecule has 0 aliphatic carbocycles. The number of anilines is 1. The first-order valence-electron chi connectivity index (χ1n) is 8.67. The number of rotatable bonds is 12. The molecule has 0 heterocycles. The van der Waals surface area contributed by atoms with Crippen molar-refractivity contribution in [1.29, 1.82) is 0 Å². The Morgan fingerprint density at radius 1 is 1.19 bits per heavy atom. The Hall–Kier alpha value is -1.50. The zero-order valence-electron chi connectivity index (χ0n) is 15.0. The van der Waals surface area contributed by atoms with Crippen LogP contribution in [0.3, 0.4) is 0 Å². The highest BCUT2D eigenvalue weighted by atomic mass is 35.5. The average molecular weight is 404 g/mol. The third kappa shape index (κ3) is 7.81. The van der Waals surface area contributed by atoms with Gasteiger partial charge in [0.2, 0.25) is 5.91 Å². The lowest BCUT2D eigenvalue weighted by Crippen LogP contribution is -2.43. The number of hydrogen-bond acceptors (Lipinski definition) is 5. The summed E-state index contributed by atoms with van der Waals surface area (Å²) in [5.41, 5.74) is 7.31. The van der Waals surface area contributed by atoms with E-state index in [-0.39, 0.29) is 25.5 Å². The Bertz CT molecular complexity index is 549. The van der Waals surface area contributed by atoms with Crippen LogP contribution in [0.4, 0.5) is 5.69 Å². The Kier molecular flexibility index (Phi) is 11.1. The molecule has 0 unspecified atom stereocenters. The third-order valence-electron chi connectivity index (χ3n) is 3.73. The second kappa shape index (κ2) is 12.8. The van der Waals surface area contributed by atoms with Gasteiger partial charge in [0.05, 0.1) is 6.61 Å². The van der Waals surface area contributed by atoms with Crippen LogP contribution in [0.1, 0.15) is 18.9 Å². The molecule has 1 rings (SSSR count). The zero-order chi connectivity index (χ0) is 19.4. The van der Waals surface area contributed by atoms with Crippen LogP contribution in [0.5, 0.6) is 0 Å². The van der Waals surface area contributed by atoms with Crippen molar-refractivity contribution in [1.82, 2.24) is 5.32 Å². The number of carbonyl (C=O) groups excluding carboxylic acids is 2. The van der Waals surface area contributed by atoms with E-state index in [0.717, 1.165) is 11.3 Å². The molecule has 0 saturated carbocycles. The molecule has 1 amide bonds. The van der Waals surface area contributed by atoms with Crippen LogP contribution in [0.25, 0.3) is 0 Å². The number of nitrogens with zero attached hydrogens (tertiary/aromatic N) is 1. The summed E-state index contributed by atoms with van der Waals surface area (Å²) in [6, 6.07) is 7.02. The summed E-state index contributed by atoms with van der Waals surface area (Å²) in [7, 11) is 0. The van der Waals surface area contributed by atoms with Gasteiger partial charge >= 0.3 is 5.97 Å². The van der Waals surface area contributed by atoms with E-state index in [2.05, 4.69) is 10.2 Å². The van der Waals surface area contributed by atoms with Crippen LogP contribution >= 0.6 is 23.2 Å². The average Bonchev–Trinajstić information content (AvgIpc) is 2.62. The molecule has 1 aromatic carbocycles. The van der Waals surface area contributed by atoms with Crippen molar-refractivity contribution in [2.24, 2.45) is 5.73 Å². The molecule has 0 saturated heterocycles. The summed E-state index contributed by atoms with van der Waals surface area (Å²) in [4.78, 5) is 26.0. The first kappa shape index (κ1) is 22.5. The first-order valence-corrected chi connectivity index (χ1v) is 9.74. The predicted octanol–water partition coefficient (Wildman–Crippen LogP) is 1.91. The van der Waals surface area contributed by atoms with E-state index in [1.54, 1.807) is 6.92 Å². The second-order valence-corrected chi connectivity index (χ2v) is 6.40. The maximum Gasteiger partial charge on any atom is 0.328 e. The lowest BCUT2D eigenvalue weighted by atomic mass is 10.0. The molecule has 146 valence electrons. The molecule has 0 radical (unpaired) electrons. The lowest BCUT2D eigenvalue weighted by molar-refractivity contribution is -0.147. The quantitative estimate of drug-likeness (QED) is 0.411. The molecule has 1 aromatic rings. The Labute approximate surface area is 165 Å². The van der Waals surface area contributed by atoms with E-state index < -0.39 is 12.0 Å². The van der Waals surface area contributed by atoms with E-state index in [0.29, 0.717) is 31.3 Å². The predicted molar refractivity (Wildman–Crippen MR) is 106 cm³/mol. The fourth-order valence-corrected chi connectivity index (χ4v) is 2.89. The molecule has 6 nitrogen and oxygen atoms in total. The van der Waals surface area contributed by atoms with Crippen LogP contribution in [-0.2, 0) is 20.7 Å². The van der Waals surface area contributed by atoms with E-state index in [9.17, 15) is 9.59 Å². The Morgan fingerprint density at radius 2 is 1.81 bits per heavy atom. The molecule has 1 atom stereocenters. The van der Waals surface area contributed by atoms with Crippen LogP contribution in [-0.4, -0.2) is 55.9 Å². The number of esters is 1. The number of benzene rings is 1. The third-order valence-corrected chi connectivity index (χ3v) is 4.07. The summed E-state index contributed by atoms with van der Waals surface area (Å²) >= 11 is 11.7. The van der Waals surface area contributed by atoms with E-state index >= 15 is 0 Å². The standard InChI is InChI=1S/C18H27Cl2N3O3/c1-2-26-18(25)16(22-17(24)7-10-21)13-14-3-5-15(6-4-14)23(11-8-19)12-9-20/h3-6,16H,2,7-13,21H2,1H3,(H,22,24)/t16-/m0/s1. The summed E-state index contributed by atoms with van der Waals surface area (Å²) in [5.74, 6) is 0.304. The molecular weight excluding hydrogens is 377 g/mol. The van der Waals surface area contributed by atoms with Gasteiger partial charge in [0.15, 0.2) is 0 Å². The van der Waals surface area contributed by atoms with Crippen LogP contribution in [0, 0.1) is 0 Å². The van der Waals surface area contributed by atoms with Crippen LogP contribution in [0.15, 0.2) is 24.3 Å². The summed E-state index contributed by atoms with van der Waals surface area (Å²) in [6.07, 6.45) is 0.515. The molecule has 0 aliphatic heterocycles. The van der Waals surface area contributed by atoms with Gasteiger partial charge in [-0.1, -0.05) is 12.1 Å². The number of nitrogens with one attached hydrogen (secondary N) is 1. The van der Waals surface area contributed by atoms with Gasteiger partial charge in [-0.2, -0.15) is 0 Å². The van der Waals surface area contributed by atoms with Crippen molar-refractivity contribution in [2.75, 3.05) is 42.9 Å². The molecular formula is C18H27Cl2N3O3. The monoisotopic (exact) mass is 403 g/mol. The minimum atomic E-state index is -0.735. The number of halogens is 2. The molecule has 26 heavy (non-hydrogen) atoms. The molecule has 8 heteroatoms. The maximum absolute atomic E-state index is 12.1. The fourth-order valence-electron chi connectivity index (χ4n) is 2.49. The Morgan fingerprint density at radius 3 is 2.31 bits per heavy atom. The number of ether oxygens (including phenoxy) is 1. The molecule has 0 aliphatic rings. The van der Waals surface area contributed by atoms with Gasteiger partial charge < -0.3 is 20.7 Å². The van der Waals surface area contributed by atoms with Gasteiger partial charge in [-0.25, -0.2) is 4.79 Å². The number of carbonyl (C=O) groups is 2. The number of hydrogen-bond donors (Lipinski definition) is 2. The zero-order valence-corrected chi connectivity index (χ0v) is 16.6.